The van der Waals surface area contributed by atoms with E-state index >= 15 is 0 Å². The number of carbonyl (C=O) groups excluding carboxylic acids is 1. The summed E-state index contributed by atoms with van der Waals surface area (Å²) in [6.45, 7) is 3.44. The number of amides is 1. The van der Waals surface area contributed by atoms with E-state index in [2.05, 4.69) is 5.32 Å². The summed E-state index contributed by atoms with van der Waals surface area (Å²) in [4.78, 5) is 13.1. The summed E-state index contributed by atoms with van der Waals surface area (Å²) in [5.74, 6) is -0.0737. The topological polar surface area (TPSA) is 84.9 Å². The number of anilines is 1. The van der Waals surface area contributed by atoms with Crippen molar-refractivity contribution in [2.45, 2.75) is 32.4 Å². The van der Waals surface area contributed by atoms with E-state index in [0.717, 1.165) is 16.6 Å². The van der Waals surface area contributed by atoms with Crippen molar-refractivity contribution in [2.24, 2.45) is 0 Å². The molecule has 0 aliphatic rings. The van der Waals surface area contributed by atoms with Crippen molar-refractivity contribution in [1.82, 2.24) is 5.32 Å². The van der Waals surface area contributed by atoms with Crippen LogP contribution >= 0.6 is 11.6 Å². The molecule has 0 radical (unpaired) electrons. The Bertz CT molecular complexity index is 1050. The van der Waals surface area contributed by atoms with Gasteiger partial charge in [0, 0.05) is 5.56 Å². The zero-order valence-electron chi connectivity index (χ0n) is 18.0. The van der Waals surface area contributed by atoms with Gasteiger partial charge < -0.3 is 14.8 Å². The van der Waals surface area contributed by atoms with Gasteiger partial charge in [0.1, 0.15) is 23.4 Å². The van der Waals surface area contributed by atoms with Gasteiger partial charge in [0.15, 0.2) is 0 Å². The predicted molar refractivity (Wildman–Crippen MR) is 119 cm³/mol. The van der Waals surface area contributed by atoms with Gasteiger partial charge in [-0.3, -0.25) is 9.10 Å². The van der Waals surface area contributed by atoms with Crippen LogP contribution in [0.2, 0.25) is 5.02 Å². The second kappa shape index (κ2) is 10.2. The van der Waals surface area contributed by atoms with Crippen molar-refractivity contribution < 1.29 is 27.1 Å². The van der Waals surface area contributed by atoms with E-state index in [0.29, 0.717) is 17.1 Å². The second-order valence-corrected chi connectivity index (χ2v) is 9.19. The quantitative estimate of drug-likeness (QED) is 0.598. The summed E-state index contributed by atoms with van der Waals surface area (Å²) in [6, 6.07) is 7.12. The molecule has 0 aliphatic carbocycles. The maximum absolute atomic E-state index is 13.6. The zero-order valence-corrected chi connectivity index (χ0v) is 19.6. The molecule has 10 heteroatoms. The summed E-state index contributed by atoms with van der Waals surface area (Å²) in [5.41, 5.74) is 0.767. The molecule has 0 saturated heterocycles. The number of rotatable bonds is 9. The molecule has 0 heterocycles. The van der Waals surface area contributed by atoms with Gasteiger partial charge in [-0.25, -0.2) is 12.8 Å². The van der Waals surface area contributed by atoms with Gasteiger partial charge in [-0.15, -0.1) is 0 Å². The van der Waals surface area contributed by atoms with Crippen LogP contribution in [0.25, 0.3) is 0 Å². The van der Waals surface area contributed by atoms with Gasteiger partial charge in [-0.2, -0.15) is 0 Å². The third kappa shape index (κ3) is 5.80. The van der Waals surface area contributed by atoms with Crippen molar-refractivity contribution >= 4 is 33.2 Å². The number of benzene rings is 2. The molecule has 2 rings (SSSR count). The lowest BCUT2D eigenvalue weighted by atomic mass is 10.1. The Morgan fingerprint density at radius 1 is 1.19 bits per heavy atom. The number of hydrogen-bond donors (Lipinski definition) is 1. The molecule has 2 atom stereocenters. The summed E-state index contributed by atoms with van der Waals surface area (Å²) < 4.78 is 50.2. The van der Waals surface area contributed by atoms with Crippen LogP contribution in [-0.4, -0.2) is 40.8 Å². The first kappa shape index (κ1) is 24.7. The molecular weight excluding hydrogens is 447 g/mol. The minimum atomic E-state index is -3.88. The fourth-order valence-corrected chi connectivity index (χ4v) is 4.63. The molecule has 0 bridgehead atoms. The molecule has 170 valence electrons. The van der Waals surface area contributed by atoms with Gasteiger partial charge in [0.05, 0.1) is 37.2 Å². The van der Waals surface area contributed by atoms with Gasteiger partial charge in [0.25, 0.3) is 0 Å². The van der Waals surface area contributed by atoms with Crippen molar-refractivity contribution in [3.63, 3.8) is 0 Å². The van der Waals surface area contributed by atoms with Crippen molar-refractivity contribution in [1.29, 1.82) is 0 Å². The van der Waals surface area contributed by atoms with Gasteiger partial charge in [-0.05, 0) is 49.7 Å². The van der Waals surface area contributed by atoms with Crippen LogP contribution in [0.1, 0.15) is 31.9 Å². The van der Waals surface area contributed by atoms with Crippen molar-refractivity contribution in [2.75, 3.05) is 24.8 Å². The first-order chi connectivity index (χ1) is 14.5. The largest absolute Gasteiger partial charge is 0.497 e. The number of methoxy groups -OCH3 is 2. The molecule has 0 aliphatic heterocycles. The molecule has 1 N–H and O–H groups in total. The van der Waals surface area contributed by atoms with Crippen LogP contribution in [0.15, 0.2) is 36.4 Å². The van der Waals surface area contributed by atoms with Crippen LogP contribution in [0, 0.1) is 5.82 Å². The molecule has 0 saturated carbocycles. The highest BCUT2D eigenvalue weighted by Gasteiger charge is 2.33. The molecule has 0 fully saturated rings. The SMILES string of the molecule is CCC(C(=O)NC(C)c1cc(OC)ccc1OC)N(c1ccc(F)c(Cl)c1)S(C)(=O)=O. The maximum atomic E-state index is 13.6. The summed E-state index contributed by atoms with van der Waals surface area (Å²) >= 11 is 5.84. The summed E-state index contributed by atoms with van der Waals surface area (Å²) in [5, 5.41) is 2.59. The molecule has 2 aromatic rings. The Labute approximate surface area is 187 Å². The lowest BCUT2D eigenvalue weighted by Gasteiger charge is -2.31. The summed E-state index contributed by atoms with van der Waals surface area (Å²) in [6.07, 6.45) is 1.16. The first-order valence-electron chi connectivity index (χ1n) is 9.50. The standard InChI is InChI=1S/C21H26ClFN2O5S/c1-6-19(25(31(5,27)28)14-7-9-18(23)17(22)11-14)21(26)24-13(2)16-12-15(29-3)8-10-20(16)30-4/h7-13,19H,6H2,1-5H3,(H,24,26). The van der Waals surface area contributed by atoms with Crippen LogP contribution < -0.4 is 19.1 Å². The van der Waals surface area contributed by atoms with E-state index < -0.39 is 33.8 Å². The number of sulfonamides is 1. The molecule has 7 nitrogen and oxygen atoms in total. The number of ether oxygens (including phenoxy) is 2. The minimum Gasteiger partial charge on any atom is -0.497 e. The third-order valence-corrected chi connectivity index (χ3v) is 6.22. The molecule has 0 aromatic heterocycles. The van der Waals surface area contributed by atoms with E-state index in [1.807, 2.05) is 0 Å². The van der Waals surface area contributed by atoms with Crippen LogP contribution in [-0.2, 0) is 14.8 Å². The monoisotopic (exact) mass is 472 g/mol. The van der Waals surface area contributed by atoms with Crippen LogP contribution in [0.4, 0.5) is 10.1 Å². The number of hydrogen-bond acceptors (Lipinski definition) is 5. The van der Waals surface area contributed by atoms with E-state index in [1.165, 1.54) is 26.4 Å². The average molecular weight is 473 g/mol. The zero-order chi connectivity index (χ0) is 23.3. The van der Waals surface area contributed by atoms with Crippen molar-refractivity contribution in [3.05, 3.63) is 52.8 Å². The Morgan fingerprint density at radius 2 is 1.87 bits per heavy atom. The maximum Gasteiger partial charge on any atom is 0.244 e. The second-order valence-electron chi connectivity index (χ2n) is 6.92. The van der Waals surface area contributed by atoms with Gasteiger partial charge in [0.2, 0.25) is 15.9 Å². The molecule has 2 aromatic carbocycles. The van der Waals surface area contributed by atoms with Crippen LogP contribution in [0.3, 0.4) is 0 Å². The molecule has 0 spiro atoms. The highest BCUT2D eigenvalue weighted by atomic mass is 35.5. The fourth-order valence-electron chi connectivity index (χ4n) is 3.25. The van der Waals surface area contributed by atoms with Crippen molar-refractivity contribution in [3.8, 4) is 11.5 Å². The molecule has 1 amide bonds. The fraction of sp³-hybridized carbons (Fsp3) is 0.381. The highest BCUT2D eigenvalue weighted by Crippen LogP contribution is 2.31. The third-order valence-electron chi connectivity index (χ3n) is 4.75. The molecule has 31 heavy (non-hydrogen) atoms. The lowest BCUT2D eigenvalue weighted by molar-refractivity contribution is -0.122. The number of nitrogens with zero attached hydrogens (tertiary/aromatic N) is 1. The first-order valence-corrected chi connectivity index (χ1v) is 11.7. The van der Waals surface area contributed by atoms with E-state index in [-0.39, 0.29) is 17.1 Å². The van der Waals surface area contributed by atoms with E-state index in [9.17, 15) is 17.6 Å². The van der Waals surface area contributed by atoms with Crippen LogP contribution in [0.5, 0.6) is 11.5 Å². The number of halogens is 2. The number of nitrogens with one attached hydrogen (secondary N) is 1. The Balaban J connectivity index is 2.39. The Hall–Kier alpha value is -2.52. The predicted octanol–water partition coefficient (Wildman–Crippen LogP) is 3.92. The minimum absolute atomic E-state index is 0.0995. The molecule has 2 unspecified atom stereocenters. The Kier molecular flexibility index (Phi) is 8.14. The van der Waals surface area contributed by atoms with Gasteiger partial charge in [-0.1, -0.05) is 18.5 Å². The summed E-state index contributed by atoms with van der Waals surface area (Å²) in [7, 11) is -0.841. The highest BCUT2D eigenvalue weighted by molar-refractivity contribution is 7.92. The average Bonchev–Trinajstić information content (AvgIpc) is 2.72. The normalized spacial score (nSPS) is 13.3. The Morgan fingerprint density at radius 3 is 2.39 bits per heavy atom. The molecular formula is C21H26ClFN2O5S. The smallest absolute Gasteiger partial charge is 0.244 e. The lowest BCUT2D eigenvalue weighted by Crippen LogP contribution is -2.49. The van der Waals surface area contributed by atoms with E-state index in [1.54, 1.807) is 32.0 Å². The van der Waals surface area contributed by atoms with Gasteiger partial charge >= 0.3 is 0 Å². The van der Waals surface area contributed by atoms with E-state index in [4.69, 9.17) is 21.1 Å². The number of carbonyl (C=O) groups is 1.